The van der Waals surface area contributed by atoms with Gasteiger partial charge in [0.25, 0.3) is 5.91 Å². The highest BCUT2D eigenvalue weighted by Crippen LogP contribution is 2.07. The molecule has 0 aliphatic carbocycles. The zero-order valence-corrected chi connectivity index (χ0v) is 12.2. The first kappa shape index (κ1) is 16.1. The minimum Gasteiger partial charge on any atom is -0.469 e. The van der Waals surface area contributed by atoms with Gasteiger partial charge in [0.1, 0.15) is 0 Å². The van der Waals surface area contributed by atoms with E-state index in [2.05, 4.69) is 16.6 Å². The number of hydrogen-bond acceptors (Lipinski definition) is 4. The summed E-state index contributed by atoms with van der Waals surface area (Å²) in [6.07, 6.45) is 6.49. The van der Waals surface area contributed by atoms with E-state index in [4.69, 9.17) is 0 Å². The largest absolute Gasteiger partial charge is 0.469 e. The van der Waals surface area contributed by atoms with E-state index in [1.54, 1.807) is 29.4 Å². The Labute approximate surface area is 119 Å². The van der Waals surface area contributed by atoms with E-state index in [9.17, 15) is 9.59 Å². The van der Waals surface area contributed by atoms with Crippen LogP contribution in [-0.2, 0) is 9.53 Å². The Morgan fingerprint density at radius 1 is 1.30 bits per heavy atom. The van der Waals surface area contributed by atoms with Crippen molar-refractivity contribution in [3.63, 3.8) is 0 Å². The van der Waals surface area contributed by atoms with Gasteiger partial charge in [-0.2, -0.15) is 0 Å². The second kappa shape index (κ2) is 9.07. The summed E-state index contributed by atoms with van der Waals surface area (Å²) in [6.45, 7) is 3.14. The Morgan fingerprint density at radius 3 is 2.70 bits per heavy atom. The third kappa shape index (κ3) is 5.38. The maximum Gasteiger partial charge on any atom is 0.307 e. The predicted molar refractivity (Wildman–Crippen MR) is 76.3 cm³/mol. The molecule has 0 bridgehead atoms. The van der Waals surface area contributed by atoms with Crippen LogP contribution in [0.15, 0.2) is 24.5 Å². The molecule has 0 saturated heterocycles. The van der Waals surface area contributed by atoms with Crippen LogP contribution in [0, 0.1) is 0 Å². The Kier molecular flexibility index (Phi) is 7.32. The van der Waals surface area contributed by atoms with Gasteiger partial charge in [-0.15, -0.1) is 0 Å². The van der Waals surface area contributed by atoms with Crippen molar-refractivity contribution in [3.8, 4) is 0 Å². The van der Waals surface area contributed by atoms with Gasteiger partial charge in [0, 0.05) is 25.5 Å². The number of amides is 1. The summed E-state index contributed by atoms with van der Waals surface area (Å²) in [5.41, 5.74) is 0.550. The highest BCUT2D eigenvalue weighted by molar-refractivity contribution is 5.94. The van der Waals surface area contributed by atoms with Crippen molar-refractivity contribution in [2.75, 3.05) is 20.2 Å². The highest BCUT2D eigenvalue weighted by atomic mass is 16.5. The number of carbonyl (C=O) groups excluding carboxylic acids is 2. The van der Waals surface area contributed by atoms with Crippen molar-refractivity contribution >= 4 is 11.9 Å². The van der Waals surface area contributed by atoms with E-state index in [0.717, 1.165) is 19.3 Å². The lowest BCUT2D eigenvalue weighted by Gasteiger charge is -2.22. The third-order valence-electron chi connectivity index (χ3n) is 3.04. The van der Waals surface area contributed by atoms with Gasteiger partial charge in [0.2, 0.25) is 0 Å². The molecule has 0 aliphatic rings. The molecule has 5 nitrogen and oxygen atoms in total. The molecule has 0 spiro atoms. The molecule has 0 aromatic carbocycles. The number of unbranched alkanes of at least 4 members (excludes halogenated alkanes) is 2. The van der Waals surface area contributed by atoms with Gasteiger partial charge >= 0.3 is 5.97 Å². The van der Waals surface area contributed by atoms with E-state index in [1.807, 2.05) is 0 Å². The van der Waals surface area contributed by atoms with Crippen molar-refractivity contribution in [3.05, 3.63) is 30.1 Å². The average molecular weight is 278 g/mol. The molecule has 0 atom stereocenters. The van der Waals surface area contributed by atoms with Crippen molar-refractivity contribution in [2.45, 2.75) is 32.6 Å². The summed E-state index contributed by atoms with van der Waals surface area (Å²) in [5.74, 6) is -0.386. The lowest BCUT2D eigenvalue weighted by molar-refractivity contribution is -0.140. The highest BCUT2D eigenvalue weighted by Gasteiger charge is 2.16. The quantitative estimate of drug-likeness (QED) is 0.540. The van der Waals surface area contributed by atoms with E-state index in [-0.39, 0.29) is 18.3 Å². The SMILES string of the molecule is CCCCCN(CCC(=O)OC)C(=O)c1cccnc1. The first-order chi connectivity index (χ1) is 9.69. The van der Waals surface area contributed by atoms with Crippen LogP contribution in [-0.4, -0.2) is 42.0 Å². The topological polar surface area (TPSA) is 59.5 Å². The number of carbonyl (C=O) groups is 2. The van der Waals surface area contributed by atoms with Gasteiger partial charge < -0.3 is 9.64 Å². The molecule has 1 heterocycles. The van der Waals surface area contributed by atoms with E-state index >= 15 is 0 Å². The third-order valence-corrected chi connectivity index (χ3v) is 3.04. The fourth-order valence-corrected chi connectivity index (χ4v) is 1.87. The minimum atomic E-state index is -0.301. The van der Waals surface area contributed by atoms with Crippen LogP contribution in [0.3, 0.4) is 0 Å². The van der Waals surface area contributed by atoms with Crippen LogP contribution in [0.1, 0.15) is 43.0 Å². The number of aromatic nitrogens is 1. The zero-order valence-electron chi connectivity index (χ0n) is 12.2. The second-order valence-electron chi connectivity index (χ2n) is 4.57. The van der Waals surface area contributed by atoms with Crippen LogP contribution in [0.2, 0.25) is 0 Å². The van der Waals surface area contributed by atoms with Crippen molar-refractivity contribution in [1.82, 2.24) is 9.88 Å². The maximum atomic E-state index is 12.4. The molecule has 0 fully saturated rings. The number of nitrogens with zero attached hydrogens (tertiary/aromatic N) is 2. The molecular formula is C15H22N2O3. The van der Waals surface area contributed by atoms with Gasteiger partial charge in [-0.3, -0.25) is 14.6 Å². The van der Waals surface area contributed by atoms with Gasteiger partial charge in [0.15, 0.2) is 0 Å². The first-order valence-electron chi connectivity index (χ1n) is 6.95. The summed E-state index contributed by atoms with van der Waals surface area (Å²) < 4.78 is 4.62. The lowest BCUT2D eigenvalue weighted by Crippen LogP contribution is -2.34. The molecule has 110 valence electrons. The van der Waals surface area contributed by atoms with Crippen LogP contribution in [0.4, 0.5) is 0 Å². The summed E-state index contributed by atoms with van der Waals surface area (Å²) in [4.78, 5) is 29.3. The zero-order chi connectivity index (χ0) is 14.8. The number of pyridine rings is 1. The Balaban J connectivity index is 2.65. The van der Waals surface area contributed by atoms with Crippen molar-refractivity contribution < 1.29 is 14.3 Å². The fraction of sp³-hybridized carbons (Fsp3) is 0.533. The minimum absolute atomic E-state index is 0.0851. The molecular weight excluding hydrogens is 256 g/mol. The summed E-state index contributed by atoms with van der Waals surface area (Å²) in [6, 6.07) is 3.47. The Bertz CT molecular complexity index is 420. The number of esters is 1. The lowest BCUT2D eigenvalue weighted by atomic mass is 10.2. The van der Waals surface area contributed by atoms with Crippen LogP contribution in [0.25, 0.3) is 0 Å². The van der Waals surface area contributed by atoms with Crippen LogP contribution >= 0.6 is 0 Å². The molecule has 1 aromatic heterocycles. The smallest absolute Gasteiger partial charge is 0.307 e. The molecule has 0 unspecified atom stereocenters. The molecule has 20 heavy (non-hydrogen) atoms. The standard InChI is InChI=1S/C15H22N2O3/c1-3-4-5-10-17(11-8-14(18)20-2)15(19)13-7-6-9-16-12-13/h6-7,9,12H,3-5,8,10-11H2,1-2H3. The molecule has 0 radical (unpaired) electrons. The number of ether oxygens (including phenoxy) is 1. The first-order valence-corrected chi connectivity index (χ1v) is 6.95. The predicted octanol–water partition coefficient (Wildman–Crippen LogP) is 2.28. The fourth-order valence-electron chi connectivity index (χ4n) is 1.87. The maximum absolute atomic E-state index is 12.4. The Morgan fingerprint density at radius 2 is 2.10 bits per heavy atom. The van der Waals surface area contributed by atoms with Crippen LogP contribution < -0.4 is 0 Å². The van der Waals surface area contributed by atoms with E-state index < -0.39 is 0 Å². The molecule has 0 aliphatic heterocycles. The average Bonchev–Trinajstić information content (AvgIpc) is 2.50. The van der Waals surface area contributed by atoms with Gasteiger partial charge in [-0.05, 0) is 18.6 Å². The molecule has 1 rings (SSSR count). The molecule has 5 heteroatoms. The van der Waals surface area contributed by atoms with Crippen molar-refractivity contribution in [2.24, 2.45) is 0 Å². The number of rotatable bonds is 8. The molecule has 1 aromatic rings. The summed E-state index contributed by atoms with van der Waals surface area (Å²) in [5, 5.41) is 0. The van der Waals surface area contributed by atoms with Gasteiger partial charge in [-0.25, -0.2) is 0 Å². The van der Waals surface area contributed by atoms with Gasteiger partial charge in [-0.1, -0.05) is 19.8 Å². The monoisotopic (exact) mass is 278 g/mol. The molecule has 0 saturated carbocycles. The second-order valence-corrected chi connectivity index (χ2v) is 4.57. The summed E-state index contributed by atoms with van der Waals surface area (Å²) in [7, 11) is 1.35. The normalized spacial score (nSPS) is 10.1. The Hall–Kier alpha value is -1.91. The number of methoxy groups -OCH3 is 1. The van der Waals surface area contributed by atoms with Crippen LogP contribution in [0.5, 0.6) is 0 Å². The van der Waals surface area contributed by atoms with Gasteiger partial charge in [0.05, 0.1) is 19.1 Å². The number of hydrogen-bond donors (Lipinski definition) is 0. The van der Waals surface area contributed by atoms with E-state index in [1.165, 1.54) is 7.11 Å². The molecule has 1 amide bonds. The summed E-state index contributed by atoms with van der Waals surface area (Å²) >= 11 is 0. The molecule has 0 N–H and O–H groups in total. The van der Waals surface area contributed by atoms with E-state index in [0.29, 0.717) is 18.7 Å². The van der Waals surface area contributed by atoms with Crippen molar-refractivity contribution in [1.29, 1.82) is 0 Å².